The second kappa shape index (κ2) is 12.8. The van der Waals surface area contributed by atoms with Gasteiger partial charge in [0.2, 0.25) is 0 Å². The fourth-order valence-corrected chi connectivity index (χ4v) is 3.13. The molecule has 0 amide bonds. The largest absolute Gasteiger partial charge is 3.00 e. The Hall–Kier alpha value is 1.35. The molecule has 0 heterocycles. The van der Waals surface area contributed by atoms with Gasteiger partial charge in [0, 0.05) is 0 Å². The van der Waals surface area contributed by atoms with Gasteiger partial charge < -0.3 is 0 Å². The standard InChI is InChI=1S/2C10H15.C5H5.Nd/c2*1-6-7(2)9(4)10(5)8(6)3;1-2-4-5-3-1;/h2*1-5H3;1-5H;/q;;;+3. The van der Waals surface area contributed by atoms with Crippen molar-refractivity contribution in [1.82, 2.24) is 0 Å². The van der Waals surface area contributed by atoms with E-state index in [1.165, 1.54) is 59.2 Å². The van der Waals surface area contributed by atoms with Crippen molar-refractivity contribution in [2.75, 3.05) is 0 Å². The minimum atomic E-state index is 0. The maximum absolute atomic E-state index is 2.20. The first-order valence-corrected chi connectivity index (χ1v) is 9.17. The minimum Gasteiger partial charge on any atom is -0.0579 e. The molecule has 0 N–H and O–H groups in total. The molecule has 1 heteroatoms. The normalized spacial score (nSPS) is 26.5. The molecule has 26 heavy (non-hydrogen) atoms. The molecule has 3 aliphatic rings. The van der Waals surface area contributed by atoms with Gasteiger partial charge >= 0.3 is 40.8 Å². The van der Waals surface area contributed by atoms with Crippen LogP contribution in [0.3, 0.4) is 0 Å². The van der Waals surface area contributed by atoms with E-state index in [0.29, 0.717) is 0 Å². The minimum absolute atomic E-state index is 0. The van der Waals surface area contributed by atoms with Gasteiger partial charge in [0.1, 0.15) is 0 Å². The van der Waals surface area contributed by atoms with Crippen LogP contribution in [0.25, 0.3) is 0 Å². The zero-order valence-electron chi connectivity index (χ0n) is 18.4. The maximum atomic E-state index is 2.20. The molecule has 0 aromatic rings. The first kappa shape index (κ1) is 27.4. The van der Waals surface area contributed by atoms with Crippen molar-refractivity contribution in [2.24, 2.45) is 0 Å². The molecule has 0 saturated heterocycles. The third kappa shape index (κ3) is 7.00. The third-order valence-electron chi connectivity index (χ3n) is 6.18. The summed E-state index contributed by atoms with van der Waals surface area (Å²) in [7, 11) is 0. The van der Waals surface area contributed by atoms with E-state index in [0.717, 1.165) is 0 Å². The van der Waals surface area contributed by atoms with Crippen LogP contribution in [0, 0.1) is 132 Å². The first-order chi connectivity index (χ1) is 11.6. The Morgan fingerprint density at radius 2 is 0.346 bits per heavy atom. The Bertz CT molecular complexity index is 234. The predicted molar refractivity (Wildman–Crippen MR) is 111 cm³/mol. The van der Waals surface area contributed by atoms with Gasteiger partial charge in [0.15, 0.2) is 0 Å². The Balaban J connectivity index is 0.000000372. The molecule has 3 saturated carbocycles. The predicted octanol–water partition coefficient (Wildman–Crippen LogP) is 6.97. The Labute approximate surface area is 200 Å². The van der Waals surface area contributed by atoms with E-state index in [-0.39, 0.29) is 40.8 Å². The quantitative estimate of drug-likeness (QED) is 0.352. The fraction of sp³-hybridized carbons (Fsp3) is 0.400. The van der Waals surface area contributed by atoms with Crippen molar-refractivity contribution in [1.29, 1.82) is 0 Å². The average Bonchev–Trinajstić information content (AvgIpc) is 3.29. The van der Waals surface area contributed by atoms with Crippen LogP contribution < -0.4 is 0 Å². The smallest absolute Gasteiger partial charge is 0.0579 e. The van der Waals surface area contributed by atoms with Crippen LogP contribution in [0.5, 0.6) is 0 Å². The zero-order chi connectivity index (χ0) is 19.3. The van der Waals surface area contributed by atoms with Crippen LogP contribution in [-0.4, -0.2) is 0 Å². The fourth-order valence-electron chi connectivity index (χ4n) is 3.13. The second-order valence-electron chi connectivity index (χ2n) is 7.21. The van der Waals surface area contributed by atoms with Crippen molar-refractivity contribution in [2.45, 2.75) is 69.2 Å². The molecule has 0 nitrogen and oxygen atoms in total. The summed E-state index contributed by atoms with van der Waals surface area (Å²) in [5.41, 5.74) is 0. The van der Waals surface area contributed by atoms with E-state index in [1.807, 2.05) is 32.1 Å². The van der Waals surface area contributed by atoms with Gasteiger partial charge in [0.25, 0.3) is 0 Å². The summed E-state index contributed by atoms with van der Waals surface area (Å²) < 4.78 is 0. The second-order valence-corrected chi connectivity index (χ2v) is 7.21. The summed E-state index contributed by atoms with van der Waals surface area (Å²) in [4.78, 5) is 0. The van der Waals surface area contributed by atoms with Crippen molar-refractivity contribution in [3.63, 3.8) is 0 Å². The first-order valence-electron chi connectivity index (χ1n) is 9.17. The van der Waals surface area contributed by atoms with Crippen molar-refractivity contribution in [3.05, 3.63) is 91.3 Å². The Morgan fingerprint density at radius 3 is 0.423 bits per heavy atom. The van der Waals surface area contributed by atoms with Crippen LogP contribution >= 0.6 is 0 Å². The van der Waals surface area contributed by atoms with Gasteiger partial charge in [-0.2, -0.15) is 0 Å². The van der Waals surface area contributed by atoms with Gasteiger partial charge in [-0.3, -0.25) is 0 Å². The Kier molecular flexibility index (Phi) is 13.5. The monoisotopic (exact) mass is 477 g/mol. The summed E-state index contributed by atoms with van der Waals surface area (Å²) in [6, 6.07) is 0. The number of hydrogen-bond donors (Lipinski definition) is 0. The molecule has 0 aromatic carbocycles. The molecule has 0 atom stereocenters. The third-order valence-corrected chi connectivity index (χ3v) is 6.18. The van der Waals surface area contributed by atoms with Crippen molar-refractivity contribution >= 4 is 0 Å². The topological polar surface area (TPSA) is 0 Å². The van der Waals surface area contributed by atoms with E-state index in [4.69, 9.17) is 0 Å². The maximum Gasteiger partial charge on any atom is 3.00 e. The SMILES string of the molecule is C[C]1[C](C)[C](C)[C](C)[C]1C.C[C]1[C](C)[C](C)[C](C)[C]1C.[CH]1[CH][CH][CH][CH]1.[Nd+3]. The van der Waals surface area contributed by atoms with E-state index < -0.39 is 0 Å². The van der Waals surface area contributed by atoms with E-state index in [2.05, 4.69) is 69.2 Å². The number of rotatable bonds is 0. The molecule has 3 aliphatic carbocycles. The van der Waals surface area contributed by atoms with Crippen LogP contribution in [-0.2, 0) is 0 Å². The summed E-state index contributed by atoms with van der Waals surface area (Å²) in [6.45, 7) is 22.0. The average molecular weight is 480 g/mol. The zero-order valence-corrected chi connectivity index (χ0v) is 21.6. The van der Waals surface area contributed by atoms with E-state index in [1.54, 1.807) is 0 Å². The molecule has 0 bridgehead atoms. The van der Waals surface area contributed by atoms with Crippen LogP contribution in [0.2, 0.25) is 0 Å². The summed E-state index contributed by atoms with van der Waals surface area (Å²) in [5, 5.41) is 0. The van der Waals surface area contributed by atoms with E-state index >= 15 is 0 Å². The molecule has 16 radical (unpaired) electrons. The summed E-state index contributed by atoms with van der Waals surface area (Å²) in [6.07, 6.45) is 10.0. The molecule has 0 aliphatic heterocycles. The van der Waals surface area contributed by atoms with E-state index in [9.17, 15) is 0 Å². The molecule has 0 unspecified atom stereocenters. The molecule has 3 fully saturated rings. The number of hydrogen-bond acceptors (Lipinski definition) is 0. The molecular weight excluding hydrogens is 445 g/mol. The van der Waals surface area contributed by atoms with Gasteiger partial charge in [-0.1, -0.05) is 69.2 Å². The van der Waals surface area contributed by atoms with Gasteiger partial charge in [-0.15, -0.1) is 0 Å². The van der Waals surface area contributed by atoms with Crippen LogP contribution in [0.4, 0.5) is 0 Å². The summed E-state index contributed by atoms with van der Waals surface area (Å²) in [5.74, 6) is 14.7. The van der Waals surface area contributed by atoms with Gasteiger partial charge in [-0.25, -0.2) is 0 Å². The molecule has 136 valence electrons. The van der Waals surface area contributed by atoms with Crippen LogP contribution in [0.1, 0.15) is 69.2 Å². The molecule has 0 spiro atoms. The summed E-state index contributed by atoms with van der Waals surface area (Å²) >= 11 is 0. The van der Waals surface area contributed by atoms with Gasteiger partial charge in [-0.05, 0) is 91.3 Å². The van der Waals surface area contributed by atoms with Crippen LogP contribution in [0.15, 0.2) is 0 Å². The molecule has 3 rings (SSSR count). The molecule has 0 aromatic heterocycles. The van der Waals surface area contributed by atoms with Crippen molar-refractivity contribution in [3.8, 4) is 0 Å². The van der Waals surface area contributed by atoms with Crippen molar-refractivity contribution < 1.29 is 40.8 Å². The van der Waals surface area contributed by atoms with Gasteiger partial charge in [0.05, 0.1) is 0 Å². The Morgan fingerprint density at radius 1 is 0.269 bits per heavy atom. The molecular formula is C25H35Nd+3.